The number of hydrazine groups is 1. The molecule has 1 aliphatic rings. The molecule has 2 heterocycles. The molecule has 2 aromatic carbocycles. The second-order valence-corrected chi connectivity index (χ2v) is 10.6. The van der Waals surface area contributed by atoms with E-state index in [2.05, 4.69) is 33.8 Å². The second-order valence-electron chi connectivity index (χ2n) is 9.34. The van der Waals surface area contributed by atoms with Crippen LogP contribution in [0.15, 0.2) is 48.7 Å². The van der Waals surface area contributed by atoms with E-state index in [4.69, 9.17) is 0 Å². The van der Waals surface area contributed by atoms with Gasteiger partial charge in [0.15, 0.2) is 0 Å². The Morgan fingerprint density at radius 3 is 2.39 bits per heavy atom. The van der Waals surface area contributed by atoms with Gasteiger partial charge in [0.2, 0.25) is 5.91 Å². The fourth-order valence-electron chi connectivity index (χ4n) is 4.40. The smallest absolute Gasteiger partial charge is 0.256 e. The number of nitrogens with one attached hydrogen (secondary N) is 2. The van der Waals surface area contributed by atoms with E-state index in [0.29, 0.717) is 26.2 Å². The minimum Gasteiger partial charge on any atom is -0.376 e. The summed E-state index contributed by atoms with van der Waals surface area (Å²) < 4.78 is 0. The average Bonchev–Trinajstić information content (AvgIpc) is 3.53. The van der Waals surface area contributed by atoms with Crippen LogP contribution in [0.4, 0.5) is 5.69 Å². The third kappa shape index (κ3) is 7.32. The van der Waals surface area contributed by atoms with E-state index in [-0.39, 0.29) is 37.3 Å². The molecule has 0 spiro atoms. The molecule has 8 nitrogen and oxygen atoms in total. The Kier molecular flexibility index (Phi) is 10.7. The van der Waals surface area contributed by atoms with Crippen molar-refractivity contribution in [1.82, 2.24) is 25.2 Å². The molecule has 2 N–H and O–H groups in total. The molecule has 0 atom stereocenters. The summed E-state index contributed by atoms with van der Waals surface area (Å²) in [5.41, 5.74) is 5.48. The van der Waals surface area contributed by atoms with Crippen LogP contribution < -0.4 is 10.6 Å². The lowest BCUT2D eigenvalue weighted by atomic mass is 10.1. The maximum absolute atomic E-state index is 13.2. The van der Waals surface area contributed by atoms with Crippen molar-refractivity contribution in [3.8, 4) is 10.6 Å². The highest BCUT2D eigenvalue weighted by atomic mass is 35.5. The molecule has 0 bridgehead atoms. The summed E-state index contributed by atoms with van der Waals surface area (Å²) in [5.74, 6) is -0.208. The normalized spacial score (nSPS) is 12.5. The first-order valence-corrected chi connectivity index (χ1v) is 13.5. The van der Waals surface area contributed by atoms with Gasteiger partial charge in [-0.25, -0.2) is 9.99 Å². The molecule has 0 aliphatic carbocycles. The van der Waals surface area contributed by atoms with Crippen LogP contribution in [0.5, 0.6) is 0 Å². The van der Waals surface area contributed by atoms with Crippen molar-refractivity contribution < 1.29 is 9.59 Å². The summed E-state index contributed by atoms with van der Waals surface area (Å²) in [7, 11) is 1.79. The number of aromatic nitrogens is 1. The van der Waals surface area contributed by atoms with E-state index >= 15 is 0 Å². The number of carbonyl (C=O) groups excluding carboxylic acids is 2. The third-order valence-corrected chi connectivity index (χ3v) is 7.58. The first kappa shape index (κ1) is 29.6. The van der Waals surface area contributed by atoms with Crippen molar-refractivity contribution in [3.05, 3.63) is 70.2 Å². The molecule has 0 unspecified atom stereocenters. The number of anilines is 1. The zero-order valence-corrected chi connectivity index (χ0v) is 24.1. The van der Waals surface area contributed by atoms with E-state index in [1.165, 1.54) is 16.0 Å². The standard InChI is InChI=1S/C28H36N6O2S.ClH/c1-5-29-12-13-33(19-27(36)32(4)34-17-23-8-6-7-9-24(23)18-34)26(35)16-30-25-11-10-22(14-20(25)2)28-31-15-21(3)37-28;/h6-11,14-15,29-30H,5,12-13,16-19H2,1-4H3;1H. The predicted molar refractivity (Wildman–Crippen MR) is 156 cm³/mol. The number of hydrogen-bond acceptors (Lipinski definition) is 7. The number of carbonyl (C=O) groups is 2. The first-order chi connectivity index (χ1) is 17.9. The van der Waals surface area contributed by atoms with Gasteiger partial charge in [-0.1, -0.05) is 31.2 Å². The number of halogens is 1. The summed E-state index contributed by atoms with van der Waals surface area (Å²) in [6.07, 6.45) is 1.88. The van der Waals surface area contributed by atoms with Crippen LogP contribution in [0.2, 0.25) is 0 Å². The van der Waals surface area contributed by atoms with Gasteiger partial charge in [0.05, 0.1) is 6.54 Å². The molecule has 1 aromatic heterocycles. The van der Waals surface area contributed by atoms with Crippen molar-refractivity contribution >= 4 is 41.2 Å². The van der Waals surface area contributed by atoms with Crippen molar-refractivity contribution in [2.45, 2.75) is 33.9 Å². The van der Waals surface area contributed by atoms with Crippen LogP contribution in [-0.4, -0.2) is 71.5 Å². The highest BCUT2D eigenvalue weighted by Gasteiger charge is 2.27. The average molecular weight is 557 g/mol. The van der Waals surface area contributed by atoms with E-state index < -0.39 is 0 Å². The van der Waals surface area contributed by atoms with Crippen LogP contribution in [0, 0.1) is 13.8 Å². The van der Waals surface area contributed by atoms with Crippen molar-refractivity contribution in [2.75, 3.05) is 45.1 Å². The molecule has 0 saturated carbocycles. The van der Waals surface area contributed by atoms with Gasteiger partial charge in [-0.15, -0.1) is 23.7 Å². The van der Waals surface area contributed by atoms with Gasteiger partial charge in [0, 0.05) is 55.6 Å². The number of nitrogens with zero attached hydrogens (tertiary/aromatic N) is 4. The van der Waals surface area contributed by atoms with Gasteiger partial charge >= 0.3 is 0 Å². The molecular formula is C28H37ClN6O2S. The van der Waals surface area contributed by atoms with E-state index in [0.717, 1.165) is 28.4 Å². The molecule has 3 aromatic rings. The van der Waals surface area contributed by atoms with E-state index in [9.17, 15) is 9.59 Å². The molecule has 1 aliphatic heterocycles. The van der Waals surface area contributed by atoms with Gasteiger partial charge in [-0.05, 0) is 55.3 Å². The summed E-state index contributed by atoms with van der Waals surface area (Å²) in [4.78, 5) is 33.7. The first-order valence-electron chi connectivity index (χ1n) is 12.7. The Balaban J connectivity index is 0.00000400. The quantitative estimate of drug-likeness (QED) is 0.346. The largest absolute Gasteiger partial charge is 0.376 e. The van der Waals surface area contributed by atoms with Crippen LogP contribution in [-0.2, 0) is 22.7 Å². The summed E-state index contributed by atoms with van der Waals surface area (Å²) in [5, 5.41) is 11.2. The van der Waals surface area contributed by atoms with Gasteiger partial charge in [-0.2, -0.15) is 0 Å². The summed E-state index contributed by atoms with van der Waals surface area (Å²) in [6, 6.07) is 14.3. The van der Waals surface area contributed by atoms with Crippen molar-refractivity contribution in [2.24, 2.45) is 0 Å². The van der Waals surface area contributed by atoms with Crippen LogP contribution in [0.3, 0.4) is 0 Å². The highest BCUT2D eigenvalue weighted by Crippen LogP contribution is 2.28. The van der Waals surface area contributed by atoms with E-state index in [1.54, 1.807) is 28.3 Å². The number of rotatable bonds is 11. The fraction of sp³-hybridized carbons (Fsp3) is 0.393. The SMILES string of the molecule is CCNCCN(CC(=O)N(C)N1Cc2ccccc2C1)C(=O)CNc1ccc(-c2ncc(C)s2)cc1C.Cl. The molecule has 2 amide bonds. The molecule has 0 radical (unpaired) electrons. The molecule has 10 heteroatoms. The lowest BCUT2D eigenvalue weighted by Gasteiger charge is -2.31. The lowest BCUT2D eigenvalue weighted by Crippen LogP contribution is -2.49. The minimum atomic E-state index is -0.108. The molecule has 38 heavy (non-hydrogen) atoms. The lowest BCUT2D eigenvalue weighted by molar-refractivity contribution is -0.151. The molecule has 0 saturated heterocycles. The number of likely N-dealkylation sites (N-methyl/N-ethyl adjacent to an activating group) is 2. The van der Waals surface area contributed by atoms with Gasteiger partial charge in [0.1, 0.15) is 11.6 Å². The van der Waals surface area contributed by atoms with Crippen molar-refractivity contribution in [3.63, 3.8) is 0 Å². The second kappa shape index (κ2) is 13.7. The zero-order chi connectivity index (χ0) is 26.4. The van der Waals surface area contributed by atoms with Crippen molar-refractivity contribution in [1.29, 1.82) is 0 Å². The Labute approximate surface area is 235 Å². The Bertz CT molecular complexity index is 1220. The third-order valence-electron chi connectivity index (χ3n) is 6.62. The summed E-state index contributed by atoms with van der Waals surface area (Å²) in [6.45, 7) is 9.55. The maximum atomic E-state index is 13.2. The molecule has 4 rings (SSSR count). The number of aryl methyl sites for hydroxylation is 2. The van der Waals surface area contributed by atoms with Gasteiger partial charge < -0.3 is 15.5 Å². The van der Waals surface area contributed by atoms with Crippen LogP contribution in [0.1, 0.15) is 28.5 Å². The van der Waals surface area contributed by atoms with Crippen LogP contribution >= 0.6 is 23.7 Å². The number of amides is 2. The van der Waals surface area contributed by atoms with Gasteiger partial charge in [0.25, 0.3) is 5.91 Å². The highest BCUT2D eigenvalue weighted by molar-refractivity contribution is 7.14. The Morgan fingerprint density at radius 1 is 1.08 bits per heavy atom. The predicted octanol–water partition coefficient (Wildman–Crippen LogP) is 4.09. The number of benzene rings is 2. The maximum Gasteiger partial charge on any atom is 0.256 e. The molecular weight excluding hydrogens is 520 g/mol. The number of thiazole rings is 1. The Morgan fingerprint density at radius 2 is 1.79 bits per heavy atom. The monoisotopic (exact) mass is 556 g/mol. The fourth-order valence-corrected chi connectivity index (χ4v) is 5.16. The van der Waals surface area contributed by atoms with E-state index in [1.807, 2.05) is 56.2 Å². The van der Waals surface area contributed by atoms with Crippen LogP contribution in [0.25, 0.3) is 10.6 Å². The number of hydrogen-bond donors (Lipinski definition) is 2. The zero-order valence-electron chi connectivity index (χ0n) is 22.5. The van der Waals surface area contributed by atoms with Gasteiger partial charge in [-0.3, -0.25) is 14.6 Å². The molecule has 0 fully saturated rings. The Hall–Kier alpha value is -2.98. The topological polar surface area (TPSA) is 80.8 Å². The minimum absolute atomic E-state index is 0. The summed E-state index contributed by atoms with van der Waals surface area (Å²) >= 11 is 1.66. The molecule has 204 valence electrons. The number of fused-ring (bicyclic) bond motifs is 1.